The molecule has 1 aromatic heterocycles. The summed E-state index contributed by atoms with van der Waals surface area (Å²) in [6.07, 6.45) is 4.69. The van der Waals surface area contributed by atoms with E-state index >= 15 is 0 Å². The molecule has 0 saturated carbocycles. The molecule has 4 rings (SSSR count). The molecule has 0 unspecified atom stereocenters. The molecule has 5 heteroatoms. The highest BCUT2D eigenvalue weighted by Crippen LogP contribution is 2.42. The number of carbonyl (C=O) groups excluding carboxylic acids is 1. The Kier molecular flexibility index (Phi) is 4.62. The summed E-state index contributed by atoms with van der Waals surface area (Å²) < 4.78 is 0. The summed E-state index contributed by atoms with van der Waals surface area (Å²) in [5, 5.41) is 0.733. The van der Waals surface area contributed by atoms with Crippen molar-refractivity contribution >= 4 is 23.2 Å². The Bertz CT molecular complexity index is 797. The average molecular weight is 370 g/mol. The van der Waals surface area contributed by atoms with Crippen molar-refractivity contribution in [2.75, 3.05) is 24.5 Å². The van der Waals surface area contributed by atoms with Gasteiger partial charge >= 0.3 is 0 Å². The van der Waals surface area contributed by atoms with Gasteiger partial charge in [0.05, 0.1) is 0 Å². The molecule has 3 heterocycles. The van der Waals surface area contributed by atoms with Crippen molar-refractivity contribution in [3.8, 4) is 0 Å². The minimum atomic E-state index is 0.141. The molecule has 0 N–H and O–H groups in total. The van der Waals surface area contributed by atoms with Gasteiger partial charge in [-0.3, -0.25) is 9.78 Å². The fourth-order valence-electron chi connectivity index (χ4n) is 4.24. The first-order valence-corrected chi connectivity index (χ1v) is 9.61. The van der Waals surface area contributed by atoms with Crippen LogP contribution >= 0.6 is 11.6 Å². The van der Waals surface area contributed by atoms with Crippen LogP contribution in [0.4, 0.5) is 5.69 Å². The molecular weight excluding hydrogens is 346 g/mol. The van der Waals surface area contributed by atoms with Gasteiger partial charge in [-0.1, -0.05) is 23.7 Å². The van der Waals surface area contributed by atoms with Gasteiger partial charge in [0.15, 0.2) is 0 Å². The van der Waals surface area contributed by atoms with Crippen LogP contribution in [-0.2, 0) is 11.3 Å². The lowest BCUT2D eigenvalue weighted by atomic mass is 9.77. The summed E-state index contributed by atoms with van der Waals surface area (Å²) in [5.74, 6) is 0.285. The third kappa shape index (κ3) is 3.56. The number of aryl methyl sites for hydroxylation is 1. The Hall–Kier alpha value is -2.07. The Labute approximate surface area is 159 Å². The molecule has 2 aromatic rings. The highest BCUT2D eigenvalue weighted by molar-refractivity contribution is 6.30. The third-order valence-electron chi connectivity index (χ3n) is 5.76. The van der Waals surface area contributed by atoms with Crippen molar-refractivity contribution in [3.63, 3.8) is 0 Å². The summed E-state index contributed by atoms with van der Waals surface area (Å²) in [6.45, 7) is 5.60. The number of likely N-dealkylation sites (tertiary alicyclic amines) is 1. The quantitative estimate of drug-likeness (QED) is 0.818. The number of halogens is 1. The molecule has 2 saturated heterocycles. The molecule has 1 amide bonds. The van der Waals surface area contributed by atoms with E-state index in [1.165, 1.54) is 5.69 Å². The number of carbonyl (C=O) groups is 1. The van der Waals surface area contributed by atoms with Crippen LogP contribution in [-0.4, -0.2) is 35.4 Å². The third-order valence-corrected chi connectivity index (χ3v) is 6.01. The predicted molar refractivity (Wildman–Crippen MR) is 104 cm³/mol. The zero-order chi connectivity index (χ0) is 18.1. The van der Waals surface area contributed by atoms with E-state index < -0.39 is 0 Å². The molecule has 2 aliphatic heterocycles. The first-order valence-electron chi connectivity index (χ1n) is 9.23. The van der Waals surface area contributed by atoms with E-state index in [0.29, 0.717) is 13.0 Å². The lowest BCUT2D eigenvalue weighted by molar-refractivity contribution is -0.128. The van der Waals surface area contributed by atoms with Crippen LogP contribution in [0.2, 0.25) is 5.02 Å². The van der Waals surface area contributed by atoms with Gasteiger partial charge in [-0.25, -0.2) is 0 Å². The van der Waals surface area contributed by atoms with Crippen LogP contribution in [0.3, 0.4) is 0 Å². The van der Waals surface area contributed by atoms with Crippen molar-refractivity contribution in [2.24, 2.45) is 5.41 Å². The van der Waals surface area contributed by atoms with Crippen molar-refractivity contribution in [1.29, 1.82) is 0 Å². The van der Waals surface area contributed by atoms with E-state index in [0.717, 1.165) is 48.8 Å². The van der Waals surface area contributed by atoms with Crippen molar-refractivity contribution in [3.05, 3.63) is 58.9 Å². The Balaban J connectivity index is 1.40. The molecule has 0 aliphatic carbocycles. The Morgan fingerprint density at radius 1 is 1.15 bits per heavy atom. The summed E-state index contributed by atoms with van der Waals surface area (Å²) >= 11 is 5.96. The van der Waals surface area contributed by atoms with Crippen LogP contribution in [0.25, 0.3) is 0 Å². The number of anilines is 1. The minimum absolute atomic E-state index is 0.141. The van der Waals surface area contributed by atoms with Gasteiger partial charge < -0.3 is 9.80 Å². The molecule has 136 valence electrons. The average Bonchev–Trinajstić information content (AvgIpc) is 2.92. The zero-order valence-electron chi connectivity index (χ0n) is 15.1. The topological polar surface area (TPSA) is 36.4 Å². The Morgan fingerprint density at radius 3 is 2.58 bits per heavy atom. The number of hydrogen-bond acceptors (Lipinski definition) is 3. The zero-order valence-corrected chi connectivity index (χ0v) is 15.9. The second-order valence-electron chi connectivity index (χ2n) is 7.70. The van der Waals surface area contributed by atoms with Gasteiger partial charge in [-0.2, -0.15) is 0 Å². The molecule has 0 atom stereocenters. The summed E-state index contributed by atoms with van der Waals surface area (Å²) in [4.78, 5) is 21.3. The van der Waals surface area contributed by atoms with Crippen molar-refractivity contribution < 1.29 is 4.79 Å². The number of amides is 1. The maximum atomic E-state index is 12.6. The fourth-order valence-corrected chi connectivity index (χ4v) is 4.36. The first kappa shape index (κ1) is 17.3. The molecule has 1 spiro atoms. The maximum absolute atomic E-state index is 12.6. The number of piperidine rings is 1. The second-order valence-corrected chi connectivity index (χ2v) is 8.13. The predicted octanol–water partition coefficient (Wildman–Crippen LogP) is 4.06. The van der Waals surface area contributed by atoms with Gasteiger partial charge in [0.1, 0.15) is 0 Å². The number of rotatable bonds is 3. The fraction of sp³-hybridized carbons (Fsp3) is 0.429. The molecule has 0 radical (unpaired) electrons. The SMILES string of the molecule is Cc1cc(N2CCC3(CC2)CC(=O)N(Cc2ccc(Cl)cc2)C3)ccn1. The van der Waals surface area contributed by atoms with Crippen molar-refractivity contribution in [1.82, 2.24) is 9.88 Å². The van der Waals surface area contributed by atoms with E-state index in [2.05, 4.69) is 22.0 Å². The maximum Gasteiger partial charge on any atom is 0.223 e. The number of hydrogen-bond donors (Lipinski definition) is 0. The smallest absolute Gasteiger partial charge is 0.223 e. The van der Waals surface area contributed by atoms with Crippen LogP contribution in [0, 0.1) is 12.3 Å². The van der Waals surface area contributed by atoms with Crippen LogP contribution in [0.1, 0.15) is 30.5 Å². The lowest BCUT2D eigenvalue weighted by Crippen LogP contribution is -2.41. The number of nitrogens with zero attached hydrogens (tertiary/aromatic N) is 3. The van der Waals surface area contributed by atoms with Crippen LogP contribution in [0.15, 0.2) is 42.6 Å². The molecule has 4 nitrogen and oxygen atoms in total. The number of benzene rings is 1. The summed E-state index contributed by atoms with van der Waals surface area (Å²) in [6, 6.07) is 12.0. The molecule has 26 heavy (non-hydrogen) atoms. The van der Waals surface area contributed by atoms with E-state index in [9.17, 15) is 4.79 Å². The summed E-state index contributed by atoms with van der Waals surface area (Å²) in [5.41, 5.74) is 3.58. The highest BCUT2D eigenvalue weighted by atomic mass is 35.5. The first-order chi connectivity index (χ1) is 12.5. The standard InChI is InChI=1S/C21H24ClN3O/c1-16-12-19(6-9-23-16)24-10-7-21(8-11-24)13-20(26)25(15-21)14-17-2-4-18(22)5-3-17/h2-6,9,12H,7-8,10-11,13-15H2,1H3. The largest absolute Gasteiger partial charge is 0.371 e. The van der Waals surface area contributed by atoms with Gasteiger partial charge in [0.2, 0.25) is 5.91 Å². The van der Waals surface area contributed by atoms with E-state index in [4.69, 9.17) is 11.6 Å². The van der Waals surface area contributed by atoms with E-state index in [1.807, 2.05) is 42.3 Å². The lowest BCUT2D eigenvalue weighted by Gasteiger charge is -2.40. The number of aromatic nitrogens is 1. The molecule has 0 bridgehead atoms. The van der Waals surface area contributed by atoms with Gasteiger partial charge in [-0.15, -0.1) is 0 Å². The normalized spacial score (nSPS) is 19.4. The van der Waals surface area contributed by atoms with Crippen LogP contribution < -0.4 is 4.90 Å². The van der Waals surface area contributed by atoms with Gasteiger partial charge in [0, 0.05) is 60.6 Å². The van der Waals surface area contributed by atoms with E-state index in [1.54, 1.807) is 0 Å². The molecular formula is C21H24ClN3O. The highest BCUT2D eigenvalue weighted by Gasteiger charge is 2.44. The van der Waals surface area contributed by atoms with Crippen LogP contribution in [0.5, 0.6) is 0 Å². The monoisotopic (exact) mass is 369 g/mol. The summed E-state index contributed by atoms with van der Waals surface area (Å²) in [7, 11) is 0. The molecule has 1 aromatic carbocycles. The Morgan fingerprint density at radius 2 is 1.88 bits per heavy atom. The molecule has 2 fully saturated rings. The number of pyridine rings is 1. The van der Waals surface area contributed by atoms with Gasteiger partial charge in [0.25, 0.3) is 0 Å². The van der Waals surface area contributed by atoms with Gasteiger partial charge in [-0.05, 0) is 49.6 Å². The van der Waals surface area contributed by atoms with Crippen molar-refractivity contribution in [2.45, 2.75) is 32.7 Å². The van der Waals surface area contributed by atoms with E-state index in [-0.39, 0.29) is 11.3 Å². The second kappa shape index (κ2) is 6.92. The minimum Gasteiger partial charge on any atom is -0.371 e. The molecule has 2 aliphatic rings.